The Balaban J connectivity index is 2.23. The Kier molecular flexibility index (Phi) is 5.69. The van der Waals surface area contributed by atoms with Crippen molar-refractivity contribution < 1.29 is 4.79 Å². The summed E-state index contributed by atoms with van der Waals surface area (Å²) in [6.07, 6.45) is 0. The first kappa shape index (κ1) is 16.8. The van der Waals surface area contributed by atoms with Crippen LogP contribution < -0.4 is 10.6 Å². The van der Waals surface area contributed by atoms with Crippen molar-refractivity contribution >= 4 is 22.9 Å². The summed E-state index contributed by atoms with van der Waals surface area (Å²) < 4.78 is 0. The average molecular weight is 333 g/mol. The summed E-state index contributed by atoms with van der Waals surface area (Å²) in [5.74, 6) is -0.320. The minimum absolute atomic E-state index is 0.196. The summed E-state index contributed by atoms with van der Waals surface area (Å²) in [4.78, 5) is 13.4. The number of thiophene rings is 1. The molecule has 1 aromatic heterocycles. The molecule has 0 unspecified atom stereocenters. The molecule has 0 aliphatic rings. The maximum absolute atomic E-state index is 12.4. The summed E-state index contributed by atoms with van der Waals surface area (Å²) in [6.45, 7) is 0.396. The first-order valence-electron chi connectivity index (χ1n) is 6.80. The molecule has 0 radical (unpaired) electrons. The number of nitriles is 3. The predicted molar refractivity (Wildman–Crippen MR) is 89.4 cm³/mol. The van der Waals surface area contributed by atoms with Gasteiger partial charge in [0.15, 0.2) is 5.57 Å². The summed E-state index contributed by atoms with van der Waals surface area (Å²) in [5.41, 5.74) is 0.127. The van der Waals surface area contributed by atoms with Gasteiger partial charge in [-0.2, -0.15) is 15.8 Å². The lowest BCUT2D eigenvalue weighted by atomic mass is 10.1. The Morgan fingerprint density at radius 2 is 1.79 bits per heavy atom. The van der Waals surface area contributed by atoms with Crippen molar-refractivity contribution in [3.8, 4) is 18.2 Å². The van der Waals surface area contributed by atoms with E-state index in [-0.39, 0.29) is 17.2 Å². The molecule has 2 aromatic rings. The Bertz CT molecular complexity index is 878. The Morgan fingerprint density at radius 1 is 1.04 bits per heavy atom. The molecule has 24 heavy (non-hydrogen) atoms. The minimum Gasteiger partial charge on any atom is -0.347 e. The fourth-order valence-corrected chi connectivity index (χ4v) is 2.53. The lowest BCUT2D eigenvalue weighted by Crippen LogP contribution is -2.23. The van der Waals surface area contributed by atoms with Crippen LogP contribution in [0.25, 0.3) is 0 Å². The second-order valence-electron chi connectivity index (χ2n) is 4.52. The largest absolute Gasteiger partial charge is 0.347 e. The number of hydrogen-bond acceptors (Lipinski definition) is 6. The molecule has 0 fully saturated rings. The lowest BCUT2D eigenvalue weighted by molar-refractivity contribution is 0.0952. The second-order valence-corrected chi connectivity index (χ2v) is 5.55. The number of allylic oxidation sites excluding steroid dienone is 2. The van der Waals surface area contributed by atoms with Gasteiger partial charge in [-0.3, -0.25) is 4.79 Å². The van der Waals surface area contributed by atoms with Crippen LogP contribution in [0.4, 0.5) is 5.69 Å². The van der Waals surface area contributed by atoms with E-state index in [0.717, 1.165) is 4.88 Å². The molecule has 1 amide bonds. The standard InChI is InChI=1S/C17H11N5OS/c18-8-12(9-19)16(10-20)22-15-6-2-1-5-14(15)17(23)21-11-13-4-3-7-24-13/h1-7,22H,11H2,(H,21,23). The Labute approximate surface area is 142 Å². The number of para-hydroxylation sites is 1. The van der Waals surface area contributed by atoms with Gasteiger partial charge in [-0.1, -0.05) is 18.2 Å². The van der Waals surface area contributed by atoms with Crippen molar-refractivity contribution in [3.63, 3.8) is 0 Å². The van der Waals surface area contributed by atoms with Gasteiger partial charge in [0, 0.05) is 4.88 Å². The molecule has 0 aliphatic carbocycles. The van der Waals surface area contributed by atoms with Crippen LogP contribution in [0.1, 0.15) is 15.2 Å². The lowest BCUT2D eigenvalue weighted by Gasteiger charge is -2.11. The monoisotopic (exact) mass is 333 g/mol. The van der Waals surface area contributed by atoms with Crippen LogP contribution in [0.3, 0.4) is 0 Å². The van der Waals surface area contributed by atoms with E-state index in [1.807, 2.05) is 17.5 Å². The van der Waals surface area contributed by atoms with Crippen LogP contribution in [0, 0.1) is 34.0 Å². The number of rotatable bonds is 5. The first-order valence-corrected chi connectivity index (χ1v) is 7.68. The third kappa shape index (κ3) is 3.98. The highest BCUT2D eigenvalue weighted by Gasteiger charge is 2.13. The molecule has 116 valence electrons. The van der Waals surface area contributed by atoms with Gasteiger partial charge in [0.1, 0.15) is 23.9 Å². The van der Waals surface area contributed by atoms with Gasteiger partial charge in [-0.25, -0.2) is 0 Å². The molecule has 0 saturated heterocycles. The van der Waals surface area contributed by atoms with E-state index in [1.165, 1.54) is 11.3 Å². The van der Waals surface area contributed by atoms with E-state index < -0.39 is 0 Å². The van der Waals surface area contributed by atoms with E-state index in [2.05, 4.69) is 10.6 Å². The van der Waals surface area contributed by atoms with Gasteiger partial charge in [-0.15, -0.1) is 11.3 Å². The zero-order chi connectivity index (χ0) is 17.4. The number of nitrogens with one attached hydrogen (secondary N) is 2. The zero-order valence-electron chi connectivity index (χ0n) is 12.4. The van der Waals surface area contributed by atoms with Gasteiger partial charge in [-0.05, 0) is 23.6 Å². The molecule has 1 aromatic carbocycles. The zero-order valence-corrected chi connectivity index (χ0v) is 13.2. The van der Waals surface area contributed by atoms with Crippen LogP contribution >= 0.6 is 11.3 Å². The number of amides is 1. The third-order valence-electron chi connectivity index (χ3n) is 3.02. The molecule has 1 heterocycles. The van der Waals surface area contributed by atoms with E-state index in [1.54, 1.807) is 42.5 Å². The summed E-state index contributed by atoms with van der Waals surface area (Å²) in [6, 6.07) is 15.5. The van der Waals surface area contributed by atoms with Crippen molar-refractivity contribution in [1.82, 2.24) is 5.32 Å². The van der Waals surface area contributed by atoms with Gasteiger partial charge < -0.3 is 10.6 Å². The van der Waals surface area contributed by atoms with Gasteiger partial charge in [0.2, 0.25) is 0 Å². The maximum atomic E-state index is 12.4. The molecule has 0 spiro atoms. The van der Waals surface area contributed by atoms with Crippen molar-refractivity contribution in [2.45, 2.75) is 6.54 Å². The summed E-state index contributed by atoms with van der Waals surface area (Å²) in [5, 5.41) is 34.3. The molecular formula is C17H11N5OS. The third-order valence-corrected chi connectivity index (χ3v) is 3.90. The highest BCUT2D eigenvalue weighted by Crippen LogP contribution is 2.18. The molecule has 6 nitrogen and oxygen atoms in total. The molecule has 0 aliphatic heterocycles. The highest BCUT2D eigenvalue weighted by atomic mass is 32.1. The number of carbonyl (C=O) groups is 1. The SMILES string of the molecule is N#CC(C#N)=C(C#N)Nc1ccccc1C(=O)NCc1cccs1. The van der Waals surface area contributed by atoms with Crippen molar-refractivity contribution in [1.29, 1.82) is 15.8 Å². The number of anilines is 1. The summed E-state index contributed by atoms with van der Waals surface area (Å²) >= 11 is 1.54. The minimum atomic E-state index is -0.341. The van der Waals surface area contributed by atoms with Crippen molar-refractivity contribution in [2.75, 3.05) is 5.32 Å². The van der Waals surface area contributed by atoms with Crippen molar-refractivity contribution in [2.24, 2.45) is 0 Å². The molecular weight excluding hydrogens is 322 g/mol. The Hall–Kier alpha value is -3.60. The summed E-state index contributed by atoms with van der Waals surface area (Å²) in [7, 11) is 0. The molecule has 2 rings (SSSR count). The number of nitrogens with zero attached hydrogens (tertiary/aromatic N) is 3. The fraction of sp³-hybridized carbons (Fsp3) is 0.0588. The number of benzene rings is 1. The Morgan fingerprint density at radius 3 is 2.42 bits per heavy atom. The first-order chi connectivity index (χ1) is 11.7. The normalized spacial score (nSPS) is 9.04. The highest BCUT2D eigenvalue weighted by molar-refractivity contribution is 7.09. The average Bonchev–Trinajstić information content (AvgIpc) is 3.13. The number of carbonyl (C=O) groups excluding carboxylic acids is 1. The van der Waals surface area contributed by atoms with Crippen LogP contribution in [-0.4, -0.2) is 5.91 Å². The van der Waals surface area contributed by atoms with Gasteiger partial charge in [0.25, 0.3) is 5.91 Å². The predicted octanol–water partition coefficient (Wildman–Crippen LogP) is 2.91. The van der Waals surface area contributed by atoms with E-state index in [9.17, 15) is 4.79 Å². The molecule has 0 saturated carbocycles. The van der Waals surface area contributed by atoms with E-state index in [4.69, 9.17) is 15.8 Å². The second kappa shape index (κ2) is 8.14. The molecule has 7 heteroatoms. The fourth-order valence-electron chi connectivity index (χ4n) is 1.88. The molecule has 0 atom stereocenters. The molecule has 2 N–H and O–H groups in total. The van der Waals surface area contributed by atoms with Crippen molar-refractivity contribution in [3.05, 3.63) is 63.5 Å². The number of hydrogen-bond donors (Lipinski definition) is 2. The van der Waals surface area contributed by atoms with Crippen LogP contribution in [-0.2, 0) is 6.54 Å². The quantitative estimate of drug-likeness (QED) is 0.817. The van der Waals surface area contributed by atoms with Crippen LogP contribution in [0.5, 0.6) is 0 Å². The molecule has 0 bridgehead atoms. The smallest absolute Gasteiger partial charge is 0.253 e. The van der Waals surface area contributed by atoms with Crippen LogP contribution in [0.2, 0.25) is 0 Å². The van der Waals surface area contributed by atoms with E-state index in [0.29, 0.717) is 17.8 Å². The van der Waals surface area contributed by atoms with Gasteiger partial charge in [0.05, 0.1) is 17.8 Å². The van der Waals surface area contributed by atoms with E-state index >= 15 is 0 Å². The maximum Gasteiger partial charge on any atom is 0.253 e. The topological polar surface area (TPSA) is 112 Å². The van der Waals surface area contributed by atoms with Gasteiger partial charge >= 0.3 is 0 Å². The van der Waals surface area contributed by atoms with Crippen LogP contribution in [0.15, 0.2) is 53.0 Å².